The van der Waals surface area contributed by atoms with Crippen molar-refractivity contribution in [3.05, 3.63) is 52.5 Å². The van der Waals surface area contributed by atoms with Crippen molar-refractivity contribution in [2.75, 3.05) is 5.32 Å². The van der Waals surface area contributed by atoms with Crippen molar-refractivity contribution >= 4 is 27.7 Å². The van der Waals surface area contributed by atoms with Crippen LogP contribution in [-0.4, -0.2) is 21.3 Å². The second-order valence-electron chi connectivity index (χ2n) is 4.42. The third kappa shape index (κ3) is 2.73. The number of aromatic nitrogens is 3. The molecular weight excluding hydrogens is 336 g/mol. The third-order valence-electron chi connectivity index (χ3n) is 2.90. The summed E-state index contributed by atoms with van der Waals surface area (Å²) in [5, 5.41) is 13.2. The summed E-state index contributed by atoms with van der Waals surface area (Å²) < 4.78 is 5.81. The molecule has 3 rings (SSSR count). The molecule has 21 heavy (non-hydrogen) atoms. The Balaban J connectivity index is 1.90. The van der Waals surface area contributed by atoms with Crippen LogP contribution in [0.4, 0.5) is 5.82 Å². The van der Waals surface area contributed by atoms with Gasteiger partial charge in [0, 0.05) is 21.7 Å². The van der Waals surface area contributed by atoms with Gasteiger partial charge in [0.1, 0.15) is 11.6 Å². The summed E-state index contributed by atoms with van der Waals surface area (Å²) in [6, 6.07) is 9.27. The Morgan fingerprint density at radius 3 is 2.86 bits per heavy atom. The maximum atomic E-state index is 12.1. The van der Waals surface area contributed by atoms with E-state index in [1.54, 1.807) is 19.2 Å². The van der Waals surface area contributed by atoms with Crippen LogP contribution in [0.25, 0.3) is 11.1 Å². The fourth-order valence-electron chi connectivity index (χ4n) is 1.92. The lowest BCUT2D eigenvalue weighted by Crippen LogP contribution is -2.13. The van der Waals surface area contributed by atoms with Gasteiger partial charge in [-0.25, -0.2) is 0 Å². The number of carbonyl (C=O) groups excluding carboxylic acids is 1. The smallest absolute Gasteiger partial charge is 0.279 e. The molecule has 2 aromatic heterocycles. The average molecular weight is 347 g/mol. The van der Waals surface area contributed by atoms with Crippen LogP contribution in [0.1, 0.15) is 16.2 Å². The van der Waals surface area contributed by atoms with Gasteiger partial charge in [-0.2, -0.15) is 5.10 Å². The minimum absolute atomic E-state index is 0.222. The Morgan fingerprint density at radius 2 is 2.14 bits per heavy atom. The fourth-order valence-corrected chi connectivity index (χ4v) is 2.41. The molecule has 0 aliphatic heterocycles. The standard InChI is InChI=1S/C14H11BrN4O2/c1-8-6-12(19-21-8)14(20)17-13-10(7-16-18-13)9-4-2-3-5-11(9)15/h2-7H,1H3,(H2,16,17,18,20). The van der Waals surface area contributed by atoms with E-state index < -0.39 is 0 Å². The molecule has 2 heterocycles. The summed E-state index contributed by atoms with van der Waals surface area (Å²) in [7, 11) is 0. The molecule has 3 aromatic rings. The molecule has 0 aliphatic carbocycles. The topological polar surface area (TPSA) is 83.8 Å². The van der Waals surface area contributed by atoms with E-state index >= 15 is 0 Å². The lowest BCUT2D eigenvalue weighted by atomic mass is 10.1. The zero-order chi connectivity index (χ0) is 14.8. The lowest BCUT2D eigenvalue weighted by Gasteiger charge is -2.06. The molecule has 0 aliphatic rings. The first-order chi connectivity index (χ1) is 10.1. The molecule has 0 atom stereocenters. The van der Waals surface area contributed by atoms with Crippen LogP contribution >= 0.6 is 15.9 Å². The van der Waals surface area contributed by atoms with Crippen molar-refractivity contribution in [2.45, 2.75) is 6.92 Å². The van der Waals surface area contributed by atoms with E-state index in [9.17, 15) is 4.79 Å². The van der Waals surface area contributed by atoms with Crippen LogP contribution in [-0.2, 0) is 0 Å². The van der Waals surface area contributed by atoms with E-state index in [0.717, 1.165) is 15.6 Å². The monoisotopic (exact) mass is 346 g/mol. The van der Waals surface area contributed by atoms with Crippen LogP contribution in [0.3, 0.4) is 0 Å². The quantitative estimate of drug-likeness (QED) is 0.761. The van der Waals surface area contributed by atoms with Crippen LogP contribution in [0.5, 0.6) is 0 Å². The Hall–Kier alpha value is -2.41. The molecule has 0 bridgehead atoms. The third-order valence-corrected chi connectivity index (χ3v) is 3.59. The van der Waals surface area contributed by atoms with E-state index in [-0.39, 0.29) is 11.6 Å². The summed E-state index contributed by atoms with van der Waals surface area (Å²) in [4.78, 5) is 12.1. The Morgan fingerprint density at radius 1 is 1.33 bits per heavy atom. The van der Waals surface area contributed by atoms with Crippen LogP contribution in [0, 0.1) is 6.92 Å². The summed E-state index contributed by atoms with van der Waals surface area (Å²) in [5.74, 6) is 0.729. The van der Waals surface area contributed by atoms with Gasteiger partial charge >= 0.3 is 0 Å². The Kier molecular flexibility index (Phi) is 3.57. The maximum absolute atomic E-state index is 12.1. The number of nitrogens with zero attached hydrogens (tertiary/aromatic N) is 2. The number of amides is 1. The highest BCUT2D eigenvalue weighted by Crippen LogP contribution is 2.32. The van der Waals surface area contributed by atoms with Crippen molar-refractivity contribution in [1.82, 2.24) is 15.4 Å². The minimum atomic E-state index is -0.357. The number of anilines is 1. The fraction of sp³-hybridized carbons (Fsp3) is 0.0714. The van der Waals surface area contributed by atoms with Crippen LogP contribution < -0.4 is 5.32 Å². The van der Waals surface area contributed by atoms with Gasteiger partial charge in [0.2, 0.25) is 0 Å². The summed E-state index contributed by atoms with van der Waals surface area (Å²) in [6.07, 6.45) is 1.66. The van der Waals surface area contributed by atoms with Crippen molar-refractivity contribution in [3.63, 3.8) is 0 Å². The largest absolute Gasteiger partial charge is 0.361 e. The van der Waals surface area contributed by atoms with Gasteiger partial charge in [-0.1, -0.05) is 39.3 Å². The van der Waals surface area contributed by atoms with E-state index in [2.05, 4.69) is 36.6 Å². The minimum Gasteiger partial charge on any atom is -0.361 e. The molecule has 7 heteroatoms. The van der Waals surface area contributed by atoms with E-state index in [1.807, 2.05) is 24.3 Å². The number of aromatic amines is 1. The highest BCUT2D eigenvalue weighted by atomic mass is 79.9. The molecule has 1 amide bonds. The molecular formula is C14H11BrN4O2. The average Bonchev–Trinajstić information content (AvgIpc) is 3.08. The molecule has 1 aromatic carbocycles. The number of carbonyl (C=O) groups is 1. The predicted molar refractivity (Wildman–Crippen MR) is 80.9 cm³/mol. The summed E-state index contributed by atoms with van der Waals surface area (Å²) in [6.45, 7) is 1.73. The van der Waals surface area contributed by atoms with Gasteiger partial charge in [0.15, 0.2) is 5.69 Å². The number of rotatable bonds is 3. The van der Waals surface area contributed by atoms with Gasteiger partial charge in [-0.05, 0) is 13.0 Å². The number of benzene rings is 1. The van der Waals surface area contributed by atoms with Gasteiger partial charge in [-0.3, -0.25) is 9.89 Å². The normalized spacial score (nSPS) is 10.6. The van der Waals surface area contributed by atoms with Crippen molar-refractivity contribution in [1.29, 1.82) is 0 Å². The van der Waals surface area contributed by atoms with Crippen molar-refractivity contribution in [3.8, 4) is 11.1 Å². The van der Waals surface area contributed by atoms with Crippen LogP contribution in [0.15, 0.2) is 45.5 Å². The highest BCUT2D eigenvalue weighted by molar-refractivity contribution is 9.10. The molecule has 0 radical (unpaired) electrons. The van der Waals surface area contributed by atoms with Crippen molar-refractivity contribution in [2.24, 2.45) is 0 Å². The number of aryl methyl sites for hydroxylation is 1. The second kappa shape index (κ2) is 5.53. The van der Waals surface area contributed by atoms with E-state index in [0.29, 0.717) is 11.6 Å². The lowest BCUT2D eigenvalue weighted by molar-refractivity contribution is 0.101. The van der Waals surface area contributed by atoms with Gasteiger partial charge < -0.3 is 9.84 Å². The number of nitrogens with one attached hydrogen (secondary N) is 2. The first-order valence-electron chi connectivity index (χ1n) is 6.18. The second-order valence-corrected chi connectivity index (χ2v) is 5.27. The molecule has 2 N–H and O–H groups in total. The van der Waals surface area contributed by atoms with Gasteiger partial charge in [0.05, 0.1) is 6.20 Å². The van der Waals surface area contributed by atoms with E-state index in [1.165, 1.54) is 0 Å². The van der Waals surface area contributed by atoms with Gasteiger partial charge in [-0.15, -0.1) is 0 Å². The molecule has 0 fully saturated rings. The van der Waals surface area contributed by atoms with E-state index in [4.69, 9.17) is 4.52 Å². The first kappa shape index (κ1) is 13.6. The number of H-pyrrole nitrogens is 1. The molecule has 106 valence electrons. The maximum Gasteiger partial charge on any atom is 0.279 e. The van der Waals surface area contributed by atoms with Crippen LogP contribution in [0.2, 0.25) is 0 Å². The Bertz CT molecular complexity index is 794. The first-order valence-corrected chi connectivity index (χ1v) is 6.97. The zero-order valence-electron chi connectivity index (χ0n) is 11.1. The summed E-state index contributed by atoms with van der Waals surface area (Å²) >= 11 is 3.48. The zero-order valence-corrected chi connectivity index (χ0v) is 12.6. The SMILES string of the molecule is Cc1cc(C(=O)Nc2[nH]ncc2-c2ccccc2Br)no1. The molecule has 0 spiro atoms. The predicted octanol–water partition coefficient (Wildman–Crippen LogP) is 3.39. The Labute approximate surface area is 128 Å². The molecule has 0 saturated heterocycles. The molecule has 6 nitrogen and oxygen atoms in total. The summed E-state index contributed by atoms with van der Waals surface area (Å²) in [5.41, 5.74) is 1.94. The highest BCUT2D eigenvalue weighted by Gasteiger charge is 2.16. The van der Waals surface area contributed by atoms with Gasteiger partial charge in [0.25, 0.3) is 5.91 Å². The van der Waals surface area contributed by atoms with Crippen molar-refractivity contribution < 1.29 is 9.32 Å². The number of hydrogen-bond donors (Lipinski definition) is 2. The molecule has 0 unspecified atom stereocenters. The molecule has 0 saturated carbocycles. The number of halogens is 1. The number of hydrogen-bond acceptors (Lipinski definition) is 4.